The topological polar surface area (TPSA) is 83.2 Å². The van der Waals surface area contributed by atoms with Crippen molar-refractivity contribution in [2.75, 3.05) is 13.1 Å². The molecular formula is C10H14KN3O3S. The van der Waals surface area contributed by atoms with Gasteiger partial charge in [0.2, 0.25) is 5.56 Å². The van der Waals surface area contributed by atoms with Gasteiger partial charge in [-0.3, -0.25) is 9.69 Å². The van der Waals surface area contributed by atoms with E-state index in [4.69, 9.17) is 5.14 Å². The zero-order valence-electron chi connectivity index (χ0n) is 10.5. The first-order valence-electron chi connectivity index (χ1n) is 5.22. The first-order valence-corrected chi connectivity index (χ1v) is 6.77. The molecule has 0 atom stereocenters. The first kappa shape index (κ1) is 16.5. The number of pyridine rings is 1. The molecule has 2 rings (SSSR count). The molecule has 0 bridgehead atoms. The van der Waals surface area contributed by atoms with Gasteiger partial charge in [-0.1, -0.05) is 6.07 Å². The normalized spacial score (nSPS) is 17.0. The van der Waals surface area contributed by atoms with E-state index in [9.17, 15) is 13.2 Å². The number of likely N-dealkylation sites (tertiary alicyclic amines) is 1. The van der Waals surface area contributed by atoms with Gasteiger partial charge in [0.25, 0.3) is 0 Å². The van der Waals surface area contributed by atoms with E-state index >= 15 is 0 Å². The molecule has 8 heteroatoms. The summed E-state index contributed by atoms with van der Waals surface area (Å²) < 4.78 is 23.3. The van der Waals surface area contributed by atoms with Crippen LogP contribution >= 0.6 is 0 Å². The van der Waals surface area contributed by atoms with E-state index in [2.05, 4.69) is 0 Å². The molecule has 0 saturated carbocycles. The molecule has 1 aromatic heterocycles. The quantitative estimate of drug-likeness (QED) is 0.555. The Bertz CT molecular complexity index is 578. The number of nitrogens with zero attached hydrogens (tertiary/aromatic N) is 2. The largest absolute Gasteiger partial charge is 1.00 e. The molecule has 18 heavy (non-hydrogen) atoms. The van der Waals surface area contributed by atoms with Crippen molar-refractivity contribution in [3.05, 3.63) is 39.4 Å². The van der Waals surface area contributed by atoms with E-state index < -0.39 is 15.3 Å². The summed E-state index contributed by atoms with van der Waals surface area (Å²) in [5.41, 5.74) is 0.900. The van der Waals surface area contributed by atoms with Crippen LogP contribution in [0.1, 0.15) is 5.56 Å². The van der Waals surface area contributed by atoms with Crippen molar-refractivity contribution in [2.45, 2.75) is 11.8 Å². The smallest absolute Gasteiger partial charge is 0.564 e. The Hall–Kier alpha value is 0.456. The number of aromatic nitrogens is 1. The van der Waals surface area contributed by atoms with Crippen molar-refractivity contribution in [2.24, 2.45) is 7.05 Å². The first-order chi connectivity index (χ1) is 7.86. The number of sulfonamides is 1. The van der Waals surface area contributed by atoms with Gasteiger partial charge in [0.05, 0.1) is 15.3 Å². The second-order valence-electron chi connectivity index (χ2n) is 4.35. The SMILES string of the molecule is Cn1cc(CN2CC(S([NH-])(=O)=O)C2)ccc1=O.[K+]. The molecule has 1 aromatic rings. The van der Waals surface area contributed by atoms with E-state index in [0.29, 0.717) is 19.6 Å². The van der Waals surface area contributed by atoms with Gasteiger partial charge in [0.1, 0.15) is 0 Å². The summed E-state index contributed by atoms with van der Waals surface area (Å²) in [6.07, 6.45) is 1.74. The standard InChI is InChI=1S/C10H14N3O3S.K/c1-12-4-8(2-3-10(12)14)5-13-6-9(7-13)17(11,15)16;/h2-4,9H,5-7H2,1H3,(H-,11,15,16);/q-1;+1. The van der Waals surface area contributed by atoms with Crippen LogP contribution in [0.4, 0.5) is 0 Å². The van der Waals surface area contributed by atoms with Crippen LogP contribution in [0.25, 0.3) is 5.14 Å². The summed E-state index contributed by atoms with van der Waals surface area (Å²) in [6, 6.07) is 3.23. The summed E-state index contributed by atoms with van der Waals surface area (Å²) in [4.78, 5) is 13.1. The fraction of sp³-hybridized carbons (Fsp3) is 0.500. The Morgan fingerprint density at radius 2 is 2.00 bits per heavy atom. The number of hydrogen-bond donors (Lipinski definition) is 0. The average molecular weight is 295 g/mol. The van der Waals surface area contributed by atoms with Gasteiger partial charge in [-0.15, -0.1) is 0 Å². The minimum atomic E-state index is -3.65. The van der Waals surface area contributed by atoms with Crippen molar-refractivity contribution >= 4 is 10.0 Å². The summed E-state index contributed by atoms with van der Waals surface area (Å²) in [5.74, 6) is 0. The zero-order chi connectivity index (χ0) is 12.6. The Balaban J connectivity index is 0.00000162. The molecule has 0 aromatic carbocycles. The Labute approximate surface area is 149 Å². The summed E-state index contributed by atoms with van der Waals surface area (Å²) in [7, 11) is -1.97. The van der Waals surface area contributed by atoms with Crippen LogP contribution in [0, 0.1) is 0 Å². The third kappa shape index (κ3) is 3.97. The average Bonchev–Trinajstić information content (AvgIpc) is 2.14. The van der Waals surface area contributed by atoms with E-state index in [1.807, 2.05) is 4.90 Å². The molecule has 0 aliphatic carbocycles. The molecule has 94 valence electrons. The summed E-state index contributed by atoms with van der Waals surface area (Å²) in [6.45, 7) is 1.41. The molecule has 6 nitrogen and oxygen atoms in total. The van der Waals surface area contributed by atoms with Crippen molar-refractivity contribution in [1.82, 2.24) is 9.47 Å². The molecule has 1 saturated heterocycles. The second kappa shape index (κ2) is 6.27. The minimum Gasteiger partial charge on any atom is -0.564 e. The maximum Gasteiger partial charge on any atom is 1.00 e. The summed E-state index contributed by atoms with van der Waals surface area (Å²) >= 11 is 0. The maximum absolute atomic E-state index is 11.2. The molecule has 2 heterocycles. The van der Waals surface area contributed by atoms with Gasteiger partial charge >= 0.3 is 51.4 Å². The predicted octanol–water partition coefficient (Wildman–Crippen LogP) is -3.04. The van der Waals surface area contributed by atoms with Crippen molar-refractivity contribution in [3.8, 4) is 0 Å². The van der Waals surface area contributed by atoms with Crippen LogP contribution in [0.3, 0.4) is 0 Å². The van der Waals surface area contributed by atoms with Gasteiger partial charge < -0.3 is 9.71 Å². The van der Waals surface area contributed by atoms with Gasteiger partial charge in [0, 0.05) is 38.9 Å². The molecule has 0 amide bonds. The fourth-order valence-electron chi connectivity index (χ4n) is 1.85. The van der Waals surface area contributed by atoms with Crippen LogP contribution in [-0.2, 0) is 23.6 Å². The van der Waals surface area contributed by atoms with Crippen molar-refractivity contribution < 1.29 is 59.8 Å². The van der Waals surface area contributed by atoms with Gasteiger partial charge in [-0.2, -0.15) is 0 Å². The van der Waals surface area contributed by atoms with Gasteiger partial charge in [-0.25, -0.2) is 8.42 Å². The number of aryl methyl sites for hydroxylation is 1. The molecular weight excluding hydrogens is 281 g/mol. The number of rotatable bonds is 3. The van der Waals surface area contributed by atoms with Crippen LogP contribution in [0.5, 0.6) is 0 Å². The second-order valence-corrected chi connectivity index (χ2v) is 6.10. The third-order valence-electron chi connectivity index (χ3n) is 2.92. The monoisotopic (exact) mass is 295 g/mol. The Morgan fingerprint density at radius 3 is 2.50 bits per heavy atom. The maximum atomic E-state index is 11.2. The molecule has 1 aliphatic rings. The third-order valence-corrected chi connectivity index (χ3v) is 4.09. The number of hydrogen-bond acceptors (Lipinski definition) is 4. The van der Waals surface area contributed by atoms with Crippen LogP contribution in [0.2, 0.25) is 0 Å². The zero-order valence-corrected chi connectivity index (χ0v) is 14.4. The van der Waals surface area contributed by atoms with E-state index in [1.54, 1.807) is 19.3 Å². The summed E-state index contributed by atoms with van der Waals surface area (Å²) in [5, 5.41) is 6.36. The van der Waals surface area contributed by atoms with Crippen LogP contribution < -0.4 is 56.9 Å². The minimum absolute atomic E-state index is 0. The van der Waals surface area contributed by atoms with Crippen molar-refractivity contribution in [1.29, 1.82) is 0 Å². The Morgan fingerprint density at radius 1 is 1.39 bits per heavy atom. The van der Waals surface area contributed by atoms with Crippen LogP contribution in [-0.4, -0.2) is 36.2 Å². The molecule has 0 unspecified atom stereocenters. The molecule has 0 radical (unpaired) electrons. The Kier molecular flexibility index (Phi) is 5.75. The van der Waals surface area contributed by atoms with E-state index in [-0.39, 0.29) is 56.9 Å². The number of nitrogens with one attached hydrogen (secondary N) is 1. The molecule has 1 aliphatic heterocycles. The van der Waals surface area contributed by atoms with E-state index in [1.165, 1.54) is 10.6 Å². The predicted molar refractivity (Wildman–Crippen MR) is 64.0 cm³/mol. The van der Waals surface area contributed by atoms with Crippen LogP contribution in [0.15, 0.2) is 23.1 Å². The molecule has 1 N–H and O–H groups in total. The van der Waals surface area contributed by atoms with Crippen molar-refractivity contribution in [3.63, 3.8) is 0 Å². The fourth-order valence-corrected chi connectivity index (χ4v) is 2.66. The van der Waals surface area contributed by atoms with E-state index in [0.717, 1.165) is 5.56 Å². The molecule has 1 fully saturated rings. The van der Waals surface area contributed by atoms with Gasteiger partial charge in [0.15, 0.2) is 0 Å². The molecule has 0 spiro atoms. The van der Waals surface area contributed by atoms with Gasteiger partial charge in [-0.05, 0) is 5.56 Å².